The highest BCUT2D eigenvalue weighted by Crippen LogP contribution is 2.17. The van der Waals surface area contributed by atoms with Gasteiger partial charge in [-0.1, -0.05) is 25.3 Å². The van der Waals surface area contributed by atoms with Gasteiger partial charge in [0, 0.05) is 24.8 Å². The van der Waals surface area contributed by atoms with Crippen LogP contribution in [0.4, 0.5) is 5.82 Å². The Balaban J connectivity index is 1.98. The van der Waals surface area contributed by atoms with E-state index in [1.165, 1.54) is 50.8 Å². The SMILES string of the molecule is CCNc1ncccc1CN1CCCCCCC1. The second kappa shape index (κ2) is 7.37. The van der Waals surface area contributed by atoms with Crippen LogP contribution in [-0.2, 0) is 6.54 Å². The van der Waals surface area contributed by atoms with Crippen molar-refractivity contribution < 1.29 is 0 Å². The standard InChI is InChI=1S/C15H25N3/c1-2-16-15-14(9-8-10-17-15)13-18-11-6-4-3-5-7-12-18/h8-10H,2-7,11-13H2,1H3,(H,16,17). The van der Waals surface area contributed by atoms with Crippen LogP contribution in [0.5, 0.6) is 0 Å². The third-order valence-corrected chi connectivity index (χ3v) is 3.58. The lowest BCUT2D eigenvalue weighted by atomic mass is 10.1. The van der Waals surface area contributed by atoms with E-state index in [2.05, 4.69) is 28.2 Å². The molecule has 0 aromatic carbocycles. The van der Waals surface area contributed by atoms with Gasteiger partial charge in [-0.25, -0.2) is 4.98 Å². The van der Waals surface area contributed by atoms with Gasteiger partial charge in [0.2, 0.25) is 0 Å². The second-order valence-corrected chi connectivity index (χ2v) is 5.09. The normalized spacial score (nSPS) is 18.1. The van der Waals surface area contributed by atoms with Crippen LogP contribution in [0.3, 0.4) is 0 Å². The molecule has 1 aromatic rings. The summed E-state index contributed by atoms with van der Waals surface area (Å²) in [4.78, 5) is 7.02. The number of pyridine rings is 1. The molecule has 1 aliphatic rings. The van der Waals surface area contributed by atoms with E-state index in [1.54, 1.807) is 0 Å². The maximum Gasteiger partial charge on any atom is 0.130 e. The molecular formula is C15H25N3. The maximum atomic E-state index is 4.44. The molecule has 1 aliphatic heterocycles. The minimum Gasteiger partial charge on any atom is -0.370 e. The molecule has 0 amide bonds. The lowest BCUT2D eigenvalue weighted by Gasteiger charge is -2.25. The fourth-order valence-electron chi connectivity index (χ4n) is 2.60. The zero-order valence-electron chi connectivity index (χ0n) is 11.5. The Bertz CT molecular complexity index is 343. The Kier molecular flexibility index (Phi) is 5.46. The number of hydrogen-bond donors (Lipinski definition) is 1. The van der Waals surface area contributed by atoms with Crippen LogP contribution in [0.1, 0.15) is 44.6 Å². The summed E-state index contributed by atoms with van der Waals surface area (Å²) in [6.07, 6.45) is 8.76. The molecule has 1 aromatic heterocycles. The average molecular weight is 247 g/mol. The molecule has 0 aliphatic carbocycles. The van der Waals surface area contributed by atoms with Crippen molar-refractivity contribution in [1.29, 1.82) is 0 Å². The van der Waals surface area contributed by atoms with Crippen molar-refractivity contribution in [3.8, 4) is 0 Å². The molecule has 1 saturated heterocycles. The molecule has 0 saturated carbocycles. The van der Waals surface area contributed by atoms with Gasteiger partial charge < -0.3 is 5.32 Å². The minimum atomic E-state index is 0.935. The summed E-state index contributed by atoms with van der Waals surface area (Å²) in [5.74, 6) is 1.06. The highest BCUT2D eigenvalue weighted by Gasteiger charge is 2.11. The van der Waals surface area contributed by atoms with Gasteiger partial charge in [0.05, 0.1) is 0 Å². The minimum absolute atomic E-state index is 0.935. The van der Waals surface area contributed by atoms with Crippen LogP contribution in [0.25, 0.3) is 0 Å². The first-order chi connectivity index (χ1) is 8.90. The fourth-order valence-corrected chi connectivity index (χ4v) is 2.60. The Morgan fingerprint density at radius 3 is 2.61 bits per heavy atom. The Morgan fingerprint density at radius 2 is 1.89 bits per heavy atom. The molecule has 1 N–H and O–H groups in total. The lowest BCUT2D eigenvalue weighted by molar-refractivity contribution is 0.240. The summed E-state index contributed by atoms with van der Waals surface area (Å²) in [6, 6.07) is 4.24. The molecule has 1 fully saturated rings. The number of nitrogens with zero attached hydrogens (tertiary/aromatic N) is 2. The van der Waals surface area contributed by atoms with E-state index < -0.39 is 0 Å². The molecular weight excluding hydrogens is 222 g/mol. The third kappa shape index (κ3) is 3.98. The Morgan fingerprint density at radius 1 is 1.17 bits per heavy atom. The molecule has 3 nitrogen and oxygen atoms in total. The highest BCUT2D eigenvalue weighted by molar-refractivity contribution is 5.43. The summed E-state index contributed by atoms with van der Waals surface area (Å²) in [6.45, 7) is 6.57. The van der Waals surface area contributed by atoms with Gasteiger partial charge in [0.25, 0.3) is 0 Å². The first-order valence-corrected chi connectivity index (χ1v) is 7.30. The molecule has 0 unspecified atom stereocenters. The van der Waals surface area contributed by atoms with Gasteiger partial charge >= 0.3 is 0 Å². The number of rotatable bonds is 4. The quantitative estimate of drug-likeness (QED) is 0.885. The Hall–Kier alpha value is -1.09. The third-order valence-electron chi connectivity index (χ3n) is 3.58. The molecule has 0 spiro atoms. The van der Waals surface area contributed by atoms with Crippen molar-refractivity contribution in [3.05, 3.63) is 23.9 Å². The topological polar surface area (TPSA) is 28.2 Å². The van der Waals surface area contributed by atoms with Crippen molar-refractivity contribution >= 4 is 5.82 Å². The van der Waals surface area contributed by atoms with E-state index in [-0.39, 0.29) is 0 Å². The van der Waals surface area contributed by atoms with E-state index in [9.17, 15) is 0 Å². The molecule has 0 atom stereocenters. The lowest BCUT2D eigenvalue weighted by Crippen LogP contribution is -2.27. The van der Waals surface area contributed by atoms with Crippen molar-refractivity contribution in [2.45, 2.75) is 45.6 Å². The average Bonchev–Trinajstić information content (AvgIpc) is 2.35. The van der Waals surface area contributed by atoms with E-state index in [0.717, 1.165) is 18.9 Å². The van der Waals surface area contributed by atoms with E-state index in [4.69, 9.17) is 0 Å². The number of anilines is 1. The van der Waals surface area contributed by atoms with Crippen LogP contribution in [0.2, 0.25) is 0 Å². The Labute approximate surface area is 111 Å². The van der Waals surface area contributed by atoms with Crippen molar-refractivity contribution in [2.24, 2.45) is 0 Å². The van der Waals surface area contributed by atoms with Gasteiger partial charge in [-0.3, -0.25) is 4.90 Å². The van der Waals surface area contributed by atoms with Crippen molar-refractivity contribution in [3.63, 3.8) is 0 Å². The second-order valence-electron chi connectivity index (χ2n) is 5.09. The van der Waals surface area contributed by atoms with Gasteiger partial charge in [0.1, 0.15) is 5.82 Å². The van der Waals surface area contributed by atoms with Gasteiger partial charge in [0.15, 0.2) is 0 Å². The van der Waals surface area contributed by atoms with Crippen LogP contribution >= 0.6 is 0 Å². The number of aromatic nitrogens is 1. The summed E-state index contributed by atoms with van der Waals surface area (Å²) in [5, 5.41) is 3.36. The predicted octanol–water partition coefficient (Wildman–Crippen LogP) is 3.28. The first kappa shape index (κ1) is 13.3. The fraction of sp³-hybridized carbons (Fsp3) is 0.667. The molecule has 18 heavy (non-hydrogen) atoms. The number of nitrogens with one attached hydrogen (secondary N) is 1. The highest BCUT2D eigenvalue weighted by atomic mass is 15.1. The van der Waals surface area contributed by atoms with Crippen LogP contribution in [0, 0.1) is 0 Å². The van der Waals surface area contributed by atoms with Crippen LogP contribution in [-0.4, -0.2) is 29.5 Å². The van der Waals surface area contributed by atoms with Gasteiger partial charge in [-0.2, -0.15) is 0 Å². The number of hydrogen-bond acceptors (Lipinski definition) is 3. The molecule has 0 radical (unpaired) electrons. The van der Waals surface area contributed by atoms with Gasteiger partial charge in [-0.05, 0) is 38.9 Å². The molecule has 3 heteroatoms. The summed E-state index contributed by atoms with van der Waals surface area (Å²) >= 11 is 0. The summed E-state index contributed by atoms with van der Waals surface area (Å²) < 4.78 is 0. The maximum absolute atomic E-state index is 4.44. The summed E-state index contributed by atoms with van der Waals surface area (Å²) in [7, 11) is 0. The van der Waals surface area contributed by atoms with Crippen molar-refractivity contribution in [2.75, 3.05) is 25.0 Å². The smallest absolute Gasteiger partial charge is 0.130 e. The van der Waals surface area contributed by atoms with E-state index in [0.29, 0.717) is 0 Å². The largest absolute Gasteiger partial charge is 0.370 e. The molecule has 2 heterocycles. The first-order valence-electron chi connectivity index (χ1n) is 7.30. The van der Waals surface area contributed by atoms with Crippen molar-refractivity contribution in [1.82, 2.24) is 9.88 Å². The zero-order valence-corrected chi connectivity index (χ0v) is 11.5. The van der Waals surface area contributed by atoms with Crippen LogP contribution in [0.15, 0.2) is 18.3 Å². The predicted molar refractivity (Wildman–Crippen MR) is 76.8 cm³/mol. The van der Waals surface area contributed by atoms with E-state index >= 15 is 0 Å². The molecule has 2 rings (SSSR count). The van der Waals surface area contributed by atoms with Crippen LogP contribution < -0.4 is 5.32 Å². The van der Waals surface area contributed by atoms with Gasteiger partial charge in [-0.15, -0.1) is 0 Å². The zero-order chi connectivity index (χ0) is 12.6. The molecule has 0 bridgehead atoms. The number of likely N-dealkylation sites (tertiary alicyclic amines) is 1. The summed E-state index contributed by atoms with van der Waals surface area (Å²) in [5.41, 5.74) is 1.33. The monoisotopic (exact) mass is 247 g/mol. The molecule has 100 valence electrons. The van der Waals surface area contributed by atoms with E-state index in [1.807, 2.05) is 12.3 Å².